The summed E-state index contributed by atoms with van der Waals surface area (Å²) >= 11 is 0. The molecule has 0 radical (unpaired) electrons. The van der Waals surface area contributed by atoms with Crippen LogP contribution in [-0.2, 0) is 47.7 Å². The van der Waals surface area contributed by atoms with Gasteiger partial charge in [0.2, 0.25) is 0 Å². The summed E-state index contributed by atoms with van der Waals surface area (Å²) in [6.07, 6.45) is -9.65. The van der Waals surface area contributed by atoms with Crippen LogP contribution < -0.4 is 0 Å². The Morgan fingerprint density at radius 2 is 0.568 bits per heavy atom. The SMILES string of the molecule is CC(C)C(=O)OC1[C@@H](OC(=O)C(C)C)[C@@H](OC(=O)C(C)C)C(O)[C@@H](OC(=O)C(C)C)[C@H]1OC(=O)C(C)C. The highest BCUT2D eigenvalue weighted by Crippen LogP contribution is 2.34. The molecule has 1 N–H and O–H groups in total. The van der Waals surface area contributed by atoms with Gasteiger partial charge in [-0.3, -0.25) is 24.0 Å². The molecule has 1 fully saturated rings. The normalized spacial score (nSPS) is 25.8. The molecule has 6 atom stereocenters. The topological polar surface area (TPSA) is 152 Å². The van der Waals surface area contributed by atoms with Crippen LogP contribution in [0.4, 0.5) is 0 Å². The van der Waals surface area contributed by atoms with E-state index in [0.29, 0.717) is 0 Å². The number of carbonyl (C=O) groups excluding carboxylic acids is 5. The van der Waals surface area contributed by atoms with Crippen molar-refractivity contribution in [3.05, 3.63) is 0 Å². The molecule has 11 nitrogen and oxygen atoms in total. The second-order valence-electron chi connectivity index (χ2n) is 10.8. The first kappa shape index (κ1) is 32.3. The molecular formula is C26H42O11. The molecule has 2 unspecified atom stereocenters. The van der Waals surface area contributed by atoms with Crippen LogP contribution in [0.2, 0.25) is 0 Å². The fourth-order valence-corrected chi connectivity index (χ4v) is 3.16. The van der Waals surface area contributed by atoms with Crippen molar-refractivity contribution in [1.82, 2.24) is 0 Å². The van der Waals surface area contributed by atoms with Gasteiger partial charge in [0, 0.05) is 0 Å². The summed E-state index contributed by atoms with van der Waals surface area (Å²) in [4.78, 5) is 63.2. The number of hydrogen-bond acceptors (Lipinski definition) is 11. The van der Waals surface area contributed by atoms with Gasteiger partial charge < -0.3 is 28.8 Å². The third-order valence-corrected chi connectivity index (χ3v) is 5.59. The standard InChI is InChI=1S/C26H42O11/c1-11(2)22(28)33-17-16(27)18(34-23(29)12(3)4)20(36-25(31)14(7)8)21(37-26(32)15(9)10)19(17)35-24(30)13(5)6/h11-21,27H,1-10H3/t16?,17-,18+,19-,20+,21?. The molecule has 0 aromatic carbocycles. The summed E-state index contributed by atoms with van der Waals surface area (Å²) in [7, 11) is 0. The minimum Gasteiger partial charge on any atom is -0.455 e. The van der Waals surface area contributed by atoms with Gasteiger partial charge in [-0.05, 0) is 0 Å². The molecule has 11 heteroatoms. The molecule has 0 heterocycles. The Bertz CT molecular complexity index is 774. The van der Waals surface area contributed by atoms with E-state index < -0.39 is 96.1 Å². The fraction of sp³-hybridized carbons (Fsp3) is 0.808. The van der Waals surface area contributed by atoms with Crippen molar-refractivity contribution in [1.29, 1.82) is 0 Å². The van der Waals surface area contributed by atoms with Crippen LogP contribution >= 0.6 is 0 Å². The van der Waals surface area contributed by atoms with Crippen LogP contribution in [0, 0.1) is 29.6 Å². The summed E-state index contributed by atoms with van der Waals surface area (Å²) in [5, 5.41) is 11.3. The van der Waals surface area contributed by atoms with Crippen molar-refractivity contribution in [2.24, 2.45) is 29.6 Å². The number of hydrogen-bond donors (Lipinski definition) is 1. The van der Waals surface area contributed by atoms with Gasteiger partial charge in [0.1, 0.15) is 6.10 Å². The van der Waals surface area contributed by atoms with Crippen molar-refractivity contribution in [2.75, 3.05) is 0 Å². The third-order valence-electron chi connectivity index (χ3n) is 5.59. The molecule has 0 aromatic heterocycles. The van der Waals surface area contributed by atoms with Gasteiger partial charge in [-0.1, -0.05) is 69.2 Å². The molecule has 37 heavy (non-hydrogen) atoms. The zero-order valence-corrected chi connectivity index (χ0v) is 23.4. The van der Waals surface area contributed by atoms with Crippen LogP contribution in [0.1, 0.15) is 69.2 Å². The van der Waals surface area contributed by atoms with Crippen molar-refractivity contribution in [3.8, 4) is 0 Å². The number of carbonyl (C=O) groups is 5. The maximum absolute atomic E-state index is 12.7. The summed E-state index contributed by atoms with van der Waals surface area (Å²) in [6.45, 7) is 15.6. The maximum Gasteiger partial charge on any atom is 0.308 e. The van der Waals surface area contributed by atoms with Crippen LogP contribution in [-0.4, -0.2) is 71.6 Å². The van der Waals surface area contributed by atoms with Gasteiger partial charge >= 0.3 is 29.8 Å². The lowest BCUT2D eigenvalue weighted by atomic mass is 9.83. The van der Waals surface area contributed by atoms with Gasteiger partial charge in [0.05, 0.1) is 29.6 Å². The highest BCUT2D eigenvalue weighted by Gasteiger charge is 2.59. The van der Waals surface area contributed by atoms with Crippen molar-refractivity contribution in [2.45, 2.75) is 106 Å². The lowest BCUT2D eigenvalue weighted by Gasteiger charge is -2.46. The first-order chi connectivity index (χ1) is 17.0. The van der Waals surface area contributed by atoms with Gasteiger partial charge in [0.25, 0.3) is 0 Å². The Balaban J connectivity index is 3.76. The molecule has 0 spiro atoms. The van der Waals surface area contributed by atoms with E-state index in [1.165, 1.54) is 0 Å². The van der Waals surface area contributed by atoms with E-state index in [4.69, 9.17) is 23.7 Å². The summed E-state index contributed by atoms with van der Waals surface area (Å²) in [5.74, 6) is -6.84. The van der Waals surface area contributed by atoms with E-state index in [-0.39, 0.29) is 0 Å². The summed E-state index contributed by atoms with van der Waals surface area (Å²) in [6, 6.07) is 0. The molecule has 1 rings (SSSR count). The average Bonchev–Trinajstić information content (AvgIpc) is 2.79. The lowest BCUT2D eigenvalue weighted by Crippen LogP contribution is -2.68. The highest BCUT2D eigenvalue weighted by atomic mass is 16.7. The van der Waals surface area contributed by atoms with Crippen molar-refractivity contribution in [3.63, 3.8) is 0 Å². The first-order valence-electron chi connectivity index (χ1n) is 12.7. The Morgan fingerprint density at radius 3 is 0.757 bits per heavy atom. The Morgan fingerprint density at radius 1 is 0.405 bits per heavy atom. The molecule has 0 bridgehead atoms. The van der Waals surface area contributed by atoms with E-state index in [0.717, 1.165) is 0 Å². The zero-order chi connectivity index (χ0) is 28.8. The Kier molecular flexibility index (Phi) is 12.0. The Labute approximate surface area is 218 Å². The maximum atomic E-state index is 12.7. The van der Waals surface area contributed by atoms with Crippen LogP contribution in [0.25, 0.3) is 0 Å². The molecule has 212 valence electrons. The predicted octanol–water partition coefficient (Wildman–Crippen LogP) is 2.20. The quantitative estimate of drug-likeness (QED) is 0.327. The van der Waals surface area contributed by atoms with E-state index >= 15 is 0 Å². The monoisotopic (exact) mass is 530 g/mol. The molecule has 0 amide bonds. The summed E-state index contributed by atoms with van der Waals surface area (Å²) < 4.78 is 27.9. The van der Waals surface area contributed by atoms with Crippen molar-refractivity contribution < 1.29 is 52.8 Å². The highest BCUT2D eigenvalue weighted by molar-refractivity contribution is 5.75. The van der Waals surface area contributed by atoms with Crippen molar-refractivity contribution >= 4 is 29.8 Å². The molecule has 1 aliphatic rings. The van der Waals surface area contributed by atoms with Crippen LogP contribution in [0.5, 0.6) is 0 Å². The number of esters is 5. The van der Waals surface area contributed by atoms with Crippen LogP contribution in [0.3, 0.4) is 0 Å². The van der Waals surface area contributed by atoms with Gasteiger partial charge in [-0.15, -0.1) is 0 Å². The predicted molar refractivity (Wildman–Crippen MR) is 130 cm³/mol. The second kappa shape index (κ2) is 13.7. The number of aliphatic hydroxyl groups excluding tert-OH is 1. The van der Waals surface area contributed by atoms with Crippen LogP contribution in [0.15, 0.2) is 0 Å². The average molecular weight is 531 g/mol. The molecule has 1 aliphatic carbocycles. The minimum atomic E-state index is -1.78. The van der Waals surface area contributed by atoms with E-state index in [1.54, 1.807) is 69.2 Å². The molecule has 1 saturated carbocycles. The third kappa shape index (κ3) is 8.69. The number of aliphatic hydroxyl groups is 1. The first-order valence-corrected chi connectivity index (χ1v) is 12.7. The summed E-state index contributed by atoms with van der Waals surface area (Å²) in [5.41, 5.74) is 0. The van der Waals surface area contributed by atoms with Gasteiger partial charge in [-0.25, -0.2) is 0 Å². The van der Waals surface area contributed by atoms with E-state index in [9.17, 15) is 29.1 Å². The fourth-order valence-electron chi connectivity index (χ4n) is 3.16. The second-order valence-corrected chi connectivity index (χ2v) is 10.8. The van der Waals surface area contributed by atoms with Gasteiger partial charge in [-0.2, -0.15) is 0 Å². The van der Waals surface area contributed by atoms with Gasteiger partial charge in [0.15, 0.2) is 30.5 Å². The lowest BCUT2D eigenvalue weighted by molar-refractivity contribution is -0.260. The van der Waals surface area contributed by atoms with E-state index in [1.807, 2.05) is 0 Å². The molecular weight excluding hydrogens is 488 g/mol. The van der Waals surface area contributed by atoms with E-state index in [2.05, 4.69) is 0 Å². The number of rotatable bonds is 10. The molecule has 0 aliphatic heterocycles. The smallest absolute Gasteiger partial charge is 0.308 e. The zero-order valence-electron chi connectivity index (χ0n) is 23.4. The minimum absolute atomic E-state index is 0.626. The molecule has 0 aromatic rings. The molecule has 0 saturated heterocycles. The number of ether oxygens (including phenoxy) is 5. The largest absolute Gasteiger partial charge is 0.455 e. The Hall–Kier alpha value is -2.69.